The number of carbonyl (C=O) groups is 1. The van der Waals surface area contributed by atoms with Crippen LogP contribution in [-0.2, 0) is 26.3 Å². The fourth-order valence-electron chi connectivity index (χ4n) is 4.99. The van der Waals surface area contributed by atoms with Gasteiger partial charge in [0.05, 0.1) is 6.54 Å². The van der Waals surface area contributed by atoms with E-state index in [1.54, 1.807) is 60.1 Å². The number of alkyl halides is 3. The lowest BCUT2D eigenvalue weighted by molar-refractivity contribution is -0.140. The molecule has 4 aromatic rings. The Labute approximate surface area is 227 Å². The van der Waals surface area contributed by atoms with E-state index in [0.29, 0.717) is 40.0 Å². The molecule has 0 spiro atoms. The summed E-state index contributed by atoms with van der Waals surface area (Å²) in [5.74, 6) is 0.481. The molecular formula is C28H24ClF3N6O. The maximum Gasteiger partial charge on any atom is 0.434 e. The van der Waals surface area contributed by atoms with Gasteiger partial charge in [-0.2, -0.15) is 13.2 Å². The minimum absolute atomic E-state index is 0.0373. The largest absolute Gasteiger partial charge is 0.434 e. The summed E-state index contributed by atoms with van der Waals surface area (Å²) in [6.07, 6.45) is -1.13. The Balaban J connectivity index is 1.54. The number of rotatable bonds is 7. The second kappa shape index (κ2) is 9.77. The van der Waals surface area contributed by atoms with Crippen molar-refractivity contribution in [3.8, 4) is 22.5 Å². The van der Waals surface area contributed by atoms with Gasteiger partial charge >= 0.3 is 6.18 Å². The second-order valence-electron chi connectivity index (χ2n) is 9.94. The maximum atomic E-state index is 14.8. The van der Waals surface area contributed by atoms with Gasteiger partial charge in [-0.3, -0.25) is 9.69 Å². The van der Waals surface area contributed by atoms with E-state index in [1.807, 2.05) is 0 Å². The van der Waals surface area contributed by atoms with Gasteiger partial charge < -0.3 is 9.88 Å². The Hall–Kier alpha value is -3.76. The molecule has 1 aliphatic carbocycles. The number of carbonyl (C=O) groups excluding carboxylic acids is 1. The van der Waals surface area contributed by atoms with Crippen LogP contribution in [0.3, 0.4) is 0 Å². The lowest BCUT2D eigenvalue weighted by atomic mass is 9.92. The van der Waals surface area contributed by atoms with E-state index in [1.165, 1.54) is 11.2 Å². The zero-order valence-electron chi connectivity index (χ0n) is 21.0. The molecule has 1 amide bonds. The van der Waals surface area contributed by atoms with Crippen LogP contribution in [0.5, 0.6) is 0 Å². The summed E-state index contributed by atoms with van der Waals surface area (Å²) < 4.78 is 46.0. The highest BCUT2D eigenvalue weighted by molar-refractivity contribution is 6.31. The Morgan fingerprint density at radius 3 is 2.56 bits per heavy atom. The van der Waals surface area contributed by atoms with Crippen LogP contribution in [0.2, 0.25) is 5.02 Å². The summed E-state index contributed by atoms with van der Waals surface area (Å²) in [6.45, 7) is 1.02. The molecule has 1 saturated carbocycles. The maximum absolute atomic E-state index is 14.8. The molecule has 0 atom stereocenters. The molecule has 11 heteroatoms. The second-order valence-corrected chi connectivity index (χ2v) is 10.4. The van der Waals surface area contributed by atoms with Gasteiger partial charge in [0.25, 0.3) is 5.91 Å². The van der Waals surface area contributed by atoms with Crippen LogP contribution >= 0.6 is 11.6 Å². The van der Waals surface area contributed by atoms with Gasteiger partial charge in [0.1, 0.15) is 12.1 Å². The number of aromatic nitrogens is 4. The summed E-state index contributed by atoms with van der Waals surface area (Å²) in [5.41, 5.74) is 1.12. The monoisotopic (exact) mass is 552 g/mol. The van der Waals surface area contributed by atoms with Crippen LogP contribution in [0.15, 0.2) is 54.9 Å². The van der Waals surface area contributed by atoms with Crippen molar-refractivity contribution in [3.05, 3.63) is 82.3 Å². The third kappa shape index (κ3) is 4.90. The van der Waals surface area contributed by atoms with Crippen molar-refractivity contribution in [1.29, 1.82) is 0 Å². The average molecular weight is 553 g/mol. The van der Waals surface area contributed by atoms with Gasteiger partial charge in [0.2, 0.25) is 0 Å². The van der Waals surface area contributed by atoms with E-state index in [2.05, 4.69) is 20.5 Å². The van der Waals surface area contributed by atoms with Crippen molar-refractivity contribution in [1.82, 2.24) is 25.1 Å². The molecule has 0 bridgehead atoms. The van der Waals surface area contributed by atoms with Crippen molar-refractivity contribution in [2.45, 2.75) is 32.1 Å². The van der Waals surface area contributed by atoms with E-state index in [4.69, 9.17) is 11.6 Å². The molecular weight excluding hydrogens is 529 g/mol. The molecule has 3 heterocycles. The van der Waals surface area contributed by atoms with Crippen molar-refractivity contribution < 1.29 is 18.0 Å². The smallest absolute Gasteiger partial charge is 0.317 e. The normalized spacial score (nSPS) is 15.2. The molecule has 200 valence electrons. The van der Waals surface area contributed by atoms with Crippen LogP contribution in [-0.4, -0.2) is 32.2 Å². The first-order valence-corrected chi connectivity index (χ1v) is 12.9. The van der Waals surface area contributed by atoms with Gasteiger partial charge in [-0.15, -0.1) is 10.2 Å². The standard InChI is InChI=1S/C28H24ClF3N6O/c1-37-15-34-36-26(37)22-11-19(29)8-9-21(22)24-18(13-33-12-16-6-7-16)10-23(35-25(24)28(30,31)32)38-14-17-4-2-3-5-20(17)27(38)39/h2-5,8-11,15-16,33H,6-7,12-14H2,1H3. The Kier molecular flexibility index (Phi) is 6.39. The zero-order chi connectivity index (χ0) is 27.3. The number of amides is 1. The molecule has 1 aliphatic heterocycles. The number of pyridine rings is 1. The van der Waals surface area contributed by atoms with Crippen molar-refractivity contribution in [3.63, 3.8) is 0 Å². The molecule has 0 radical (unpaired) electrons. The Bertz CT molecular complexity index is 1580. The van der Waals surface area contributed by atoms with Gasteiger partial charge in [-0.25, -0.2) is 4.98 Å². The number of fused-ring (bicyclic) bond motifs is 1. The lowest BCUT2D eigenvalue weighted by Gasteiger charge is -2.23. The number of hydrogen-bond donors (Lipinski definition) is 1. The minimum Gasteiger partial charge on any atom is -0.317 e. The highest BCUT2D eigenvalue weighted by Gasteiger charge is 2.40. The quantitative estimate of drug-likeness (QED) is 0.310. The summed E-state index contributed by atoms with van der Waals surface area (Å²) in [4.78, 5) is 18.6. The first kappa shape index (κ1) is 25.5. The highest BCUT2D eigenvalue weighted by atomic mass is 35.5. The molecule has 0 saturated heterocycles. The van der Waals surface area contributed by atoms with E-state index in [-0.39, 0.29) is 35.9 Å². The first-order valence-electron chi connectivity index (χ1n) is 12.6. The summed E-state index contributed by atoms with van der Waals surface area (Å²) in [6, 6.07) is 13.3. The minimum atomic E-state index is -4.80. The lowest BCUT2D eigenvalue weighted by Crippen LogP contribution is -2.27. The van der Waals surface area contributed by atoms with Crippen molar-refractivity contribution >= 4 is 23.3 Å². The van der Waals surface area contributed by atoms with Gasteiger partial charge in [0, 0.05) is 35.3 Å². The molecule has 2 aliphatic rings. The SMILES string of the molecule is Cn1cnnc1-c1cc(Cl)ccc1-c1c(CNCC2CC2)cc(N2Cc3ccccc3C2=O)nc1C(F)(F)F. The predicted octanol–water partition coefficient (Wildman–Crippen LogP) is 5.88. The van der Waals surface area contributed by atoms with Gasteiger partial charge in [-0.1, -0.05) is 35.9 Å². The number of hydrogen-bond acceptors (Lipinski definition) is 5. The topological polar surface area (TPSA) is 75.9 Å². The van der Waals surface area contributed by atoms with E-state index in [0.717, 1.165) is 18.4 Å². The van der Waals surface area contributed by atoms with E-state index >= 15 is 0 Å². The highest BCUT2D eigenvalue weighted by Crippen LogP contribution is 2.44. The molecule has 7 nitrogen and oxygen atoms in total. The molecule has 2 aromatic carbocycles. The third-order valence-corrected chi connectivity index (χ3v) is 7.34. The molecule has 2 aromatic heterocycles. The van der Waals surface area contributed by atoms with Gasteiger partial charge in [-0.05, 0) is 66.3 Å². The van der Waals surface area contributed by atoms with Crippen LogP contribution in [0.25, 0.3) is 22.5 Å². The van der Waals surface area contributed by atoms with Crippen LogP contribution in [0, 0.1) is 5.92 Å². The van der Waals surface area contributed by atoms with Crippen LogP contribution in [0.4, 0.5) is 19.0 Å². The van der Waals surface area contributed by atoms with E-state index < -0.39 is 11.9 Å². The van der Waals surface area contributed by atoms with Crippen molar-refractivity contribution in [2.75, 3.05) is 11.4 Å². The fraction of sp³-hybridized carbons (Fsp3) is 0.286. The summed E-state index contributed by atoms with van der Waals surface area (Å²) in [5, 5.41) is 11.7. The predicted molar refractivity (Wildman–Crippen MR) is 141 cm³/mol. The number of nitrogens with one attached hydrogen (secondary N) is 1. The Morgan fingerprint density at radius 2 is 1.87 bits per heavy atom. The number of halogens is 4. The third-order valence-electron chi connectivity index (χ3n) is 7.10. The van der Waals surface area contributed by atoms with Crippen LogP contribution in [0.1, 0.15) is 40.0 Å². The number of nitrogens with zero attached hydrogens (tertiary/aromatic N) is 5. The number of aryl methyl sites for hydroxylation is 1. The Morgan fingerprint density at radius 1 is 1.08 bits per heavy atom. The summed E-state index contributed by atoms with van der Waals surface area (Å²) >= 11 is 6.29. The molecule has 39 heavy (non-hydrogen) atoms. The first-order chi connectivity index (χ1) is 18.7. The number of anilines is 1. The summed E-state index contributed by atoms with van der Waals surface area (Å²) in [7, 11) is 1.71. The number of benzene rings is 2. The van der Waals surface area contributed by atoms with E-state index in [9.17, 15) is 18.0 Å². The average Bonchev–Trinajstić information content (AvgIpc) is 3.53. The van der Waals surface area contributed by atoms with Gasteiger partial charge in [0.15, 0.2) is 11.5 Å². The molecule has 1 fully saturated rings. The van der Waals surface area contributed by atoms with Crippen molar-refractivity contribution in [2.24, 2.45) is 13.0 Å². The molecule has 6 rings (SSSR count). The zero-order valence-corrected chi connectivity index (χ0v) is 21.7. The fourth-order valence-corrected chi connectivity index (χ4v) is 5.16. The van der Waals surface area contributed by atoms with Crippen LogP contribution < -0.4 is 10.2 Å². The molecule has 1 N–H and O–H groups in total. The molecule has 0 unspecified atom stereocenters.